The van der Waals surface area contributed by atoms with Gasteiger partial charge in [0.25, 0.3) is 5.91 Å². The summed E-state index contributed by atoms with van der Waals surface area (Å²) < 4.78 is 14.9. The van der Waals surface area contributed by atoms with Gasteiger partial charge in [-0.05, 0) is 61.4 Å². The molecule has 2 N–H and O–H groups in total. The SMILES string of the molecule is Cc1cc(F)ccc1-n1ccc(C(=O)N2C[C@@H](CCO)[C@@H](CCO)C2)n1. The average molecular weight is 361 g/mol. The lowest BCUT2D eigenvalue weighted by Crippen LogP contribution is -2.29. The van der Waals surface area contributed by atoms with E-state index in [9.17, 15) is 19.4 Å². The molecule has 0 aliphatic carbocycles. The molecular formula is C19H24FN3O3. The number of benzene rings is 1. The van der Waals surface area contributed by atoms with Gasteiger partial charge < -0.3 is 15.1 Å². The van der Waals surface area contributed by atoms with Crippen LogP contribution in [0.4, 0.5) is 4.39 Å². The smallest absolute Gasteiger partial charge is 0.274 e. The summed E-state index contributed by atoms with van der Waals surface area (Å²) in [4.78, 5) is 14.5. The summed E-state index contributed by atoms with van der Waals surface area (Å²) in [6.45, 7) is 3.07. The Labute approximate surface area is 151 Å². The summed E-state index contributed by atoms with van der Waals surface area (Å²) in [7, 11) is 0. The van der Waals surface area contributed by atoms with Crippen LogP contribution in [0.2, 0.25) is 0 Å². The van der Waals surface area contributed by atoms with Gasteiger partial charge in [-0.3, -0.25) is 4.79 Å². The number of aromatic nitrogens is 2. The summed E-state index contributed by atoms with van der Waals surface area (Å²) >= 11 is 0. The fraction of sp³-hybridized carbons (Fsp3) is 0.474. The van der Waals surface area contributed by atoms with E-state index in [1.807, 2.05) is 0 Å². The predicted octanol–water partition coefficient (Wildman–Crippen LogP) is 1.77. The zero-order chi connectivity index (χ0) is 18.7. The first-order chi connectivity index (χ1) is 12.5. The van der Waals surface area contributed by atoms with Crippen molar-refractivity contribution >= 4 is 5.91 Å². The van der Waals surface area contributed by atoms with Gasteiger partial charge in [-0.15, -0.1) is 0 Å². The van der Waals surface area contributed by atoms with Gasteiger partial charge >= 0.3 is 0 Å². The Bertz CT molecular complexity index is 763. The summed E-state index contributed by atoms with van der Waals surface area (Å²) in [5, 5.41) is 22.8. The Morgan fingerprint density at radius 1 is 1.19 bits per heavy atom. The molecule has 1 aliphatic heterocycles. The van der Waals surface area contributed by atoms with Crippen LogP contribution >= 0.6 is 0 Å². The van der Waals surface area contributed by atoms with E-state index in [1.165, 1.54) is 12.1 Å². The Balaban J connectivity index is 1.76. The molecule has 6 nitrogen and oxygen atoms in total. The summed E-state index contributed by atoms with van der Waals surface area (Å²) in [5.74, 6) is -0.0847. The molecule has 0 bridgehead atoms. The summed E-state index contributed by atoms with van der Waals surface area (Å²) in [6.07, 6.45) is 2.94. The third kappa shape index (κ3) is 3.78. The Morgan fingerprint density at radius 2 is 1.85 bits per heavy atom. The number of halogens is 1. The highest BCUT2D eigenvalue weighted by Crippen LogP contribution is 2.29. The molecule has 2 aromatic rings. The average Bonchev–Trinajstić information content (AvgIpc) is 3.23. The highest BCUT2D eigenvalue weighted by atomic mass is 19.1. The lowest BCUT2D eigenvalue weighted by atomic mass is 9.91. The lowest BCUT2D eigenvalue weighted by molar-refractivity contribution is 0.0774. The highest BCUT2D eigenvalue weighted by molar-refractivity contribution is 5.92. The third-order valence-electron chi connectivity index (χ3n) is 5.08. The van der Waals surface area contributed by atoms with Crippen molar-refractivity contribution in [3.63, 3.8) is 0 Å². The van der Waals surface area contributed by atoms with Crippen LogP contribution < -0.4 is 0 Å². The minimum absolute atomic E-state index is 0.0765. The van der Waals surface area contributed by atoms with Crippen LogP contribution in [0.1, 0.15) is 28.9 Å². The molecule has 1 fully saturated rings. The first-order valence-electron chi connectivity index (χ1n) is 8.86. The van der Waals surface area contributed by atoms with E-state index < -0.39 is 0 Å². The molecular weight excluding hydrogens is 337 g/mol. The zero-order valence-electron chi connectivity index (χ0n) is 14.8. The number of nitrogens with zero attached hydrogens (tertiary/aromatic N) is 3. The molecule has 1 aromatic carbocycles. The molecule has 1 amide bonds. The van der Waals surface area contributed by atoms with Crippen molar-refractivity contribution in [2.45, 2.75) is 19.8 Å². The number of likely N-dealkylation sites (tertiary alicyclic amines) is 1. The Morgan fingerprint density at radius 3 is 2.42 bits per heavy atom. The van der Waals surface area contributed by atoms with E-state index >= 15 is 0 Å². The molecule has 140 valence electrons. The van der Waals surface area contributed by atoms with Gasteiger partial charge in [0, 0.05) is 32.5 Å². The highest BCUT2D eigenvalue weighted by Gasteiger charge is 2.35. The number of carbonyl (C=O) groups excluding carboxylic acids is 1. The maximum atomic E-state index is 13.3. The normalized spacial score (nSPS) is 19.9. The summed E-state index contributed by atoms with van der Waals surface area (Å²) in [6, 6.07) is 6.09. The van der Waals surface area contributed by atoms with Crippen LogP contribution in [0.3, 0.4) is 0 Å². The van der Waals surface area contributed by atoms with E-state index in [1.54, 1.807) is 34.8 Å². The molecule has 1 aromatic heterocycles. The predicted molar refractivity (Wildman–Crippen MR) is 94.5 cm³/mol. The number of hydrogen-bond donors (Lipinski definition) is 2. The van der Waals surface area contributed by atoms with Crippen molar-refractivity contribution in [2.75, 3.05) is 26.3 Å². The molecule has 3 rings (SSSR count). The van der Waals surface area contributed by atoms with Gasteiger partial charge in [0.2, 0.25) is 0 Å². The van der Waals surface area contributed by atoms with Gasteiger partial charge in [-0.25, -0.2) is 9.07 Å². The first-order valence-corrected chi connectivity index (χ1v) is 8.86. The van der Waals surface area contributed by atoms with Crippen LogP contribution in [0, 0.1) is 24.6 Å². The summed E-state index contributed by atoms with van der Waals surface area (Å²) in [5.41, 5.74) is 1.79. The molecule has 1 aliphatic rings. The van der Waals surface area contributed by atoms with Crippen molar-refractivity contribution in [3.8, 4) is 5.69 Å². The minimum Gasteiger partial charge on any atom is -0.396 e. The molecule has 1 saturated heterocycles. The van der Waals surface area contributed by atoms with E-state index in [2.05, 4.69) is 5.10 Å². The second-order valence-corrected chi connectivity index (χ2v) is 6.83. The molecule has 0 radical (unpaired) electrons. The second kappa shape index (κ2) is 7.97. The van der Waals surface area contributed by atoms with Crippen molar-refractivity contribution in [1.82, 2.24) is 14.7 Å². The second-order valence-electron chi connectivity index (χ2n) is 6.83. The number of aliphatic hydroxyl groups excluding tert-OH is 2. The number of hydrogen-bond acceptors (Lipinski definition) is 4. The van der Waals surface area contributed by atoms with Gasteiger partial charge in [0.1, 0.15) is 5.82 Å². The van der Waals surface area contributed by atoms with Gasteiger partial charge in [0.15, 0.2) is 5.69 Å². The minimum atomic E-state index is -0.309. The number of aryl methyl sites for hydroxylation is 1. The molecule has 0 saturated carbocycles. The third-order valence-corrected chi connectivity index (χ3v) is 5.08. The van der Waals surface area contributed by atoms with E-state index in [-0.39, 0.29) is 36.8 Å². The van der Waals surface area contributed by atoms with Crippen molar-refractivity contribution < 1.29 is 19.4 Å². The number of amides is 1. The fourth-order valence-corrected chi connectivity index (χ4v) is 3.70. The fourth-order valence-electron chi connectivity index (χ4n) is 3.70. The van der Waals surface area contributed by atoms with Crippen LogP contribution in [0.5, 0.6) is 0 Å². The monoisotopic (exact) mass is 361 g/mol. The van der Waals surface area contributed by atoms with Crippen LogP contribution in [0.25, 0.3) is 5.69 Å². The van der Waals surface area contributed by atoms with Gasteiger partial charge in [-0.1, -0.05) is 0 Å². The number of aliphatic hydroxyl groups is 2. The van der Waals surface area contributed by atoms with Crippen molar-refractivity contribution in [2.24, 2.45) is 11.8 Å². The lowest BCUT2D eigenvalue weighted by Gasteiger charge is -2.14. The Kier molecular flexibility index (Phi) is 5.68. The quantitative estimate of drug-likeness (QED) is 0.822. The van der Waals surface area contributed by atoms with Crippen molar-refractivity contribution in [1.29, 1.82) is 0 Å². The molecule has 26 heavy (non-hydrogen) atoms. The maximum Gasteiger partial charge on any atom is 0.274 e. The largest absolute Gasteiger partial charge is 0.396 e. The van der Waals surface area contributed by atoms with Gasteiger partial charge in [-0.2, -0.15) is 5.10 Å². The van der Waals surface area contributed by atoms with Crippen LogP contribution in [-0.4, -0.2) is 57.1 Å². The molecule has 2 heterocycles. The number of carbonyl (C=O) groups is 1. The Hall–Kier alpha value is -2.25. The molecule has 0 unspecified atom stereocenters. The van der Waals surface area contributed by atoms with Gasteiger partial charge in [0.05, 0.1) is 5.69 Å². The first kappa shape index (κ1) is 18.5. The van der Waals surface area contributed by atoms with Crippen LogP contribution in [-0.2, 0) is 0 Å². The zero-order valence-corrected chi connectivity index (χ0v) is 14.8. The van der Waals surface area contributed by atoms with Crippen molar-refractivity contribution in [3.05, 3.63) is 47.5 Å². The van der Waals surface area contributed by atoms with Crippen LogP contribution in [0.15, 0.2) is 30.5 Å². The topological polar surface area (TPSA) is 78.6 Å². The van der Waals surface area contributed by atoms with E-state index in [0.29, 0.717) is 31.6 Å². The van der Waals surface area contributed by atoms with E-state index in [4.69, 9.17) is 0 Å². The van der Waals surface area contributed by atoms with E-state index in [0.717, 1.165) is 11.3 Å². The standard InChI is InChI=1S/C19H24FN3O3/c1-13-10-16(20)2-3-18(13)23-7-4-17(21-23)19(26)22-11-14(5-8-24)15(12-22)6-9-25/h2-4,7,10,14-15,24-25H,5-6,8-9,11-12H2,1H3/t14-,15+. The maximum absolute atomic E-state index is 13.3. The number of rotatable bonds is 6. The molecule has 2 atom stereocenters. The molecule has 0 spiro atoms. The molecule has 7 heteroatoms.